The van der Waals surface area contributed by atoms with E-state index >= 15 is 0 Å². The molecule has 0 amide bonds. The van der Waals surface area contributed by atoms with E-state index in [9.17, 15) is 4.79 Å². The smallest absolute Gasteiger partial charge is 0.258 e. The molecule has 0 spiro atoms. The highest BCUT2D eigenvalue weighted by molar-refractivity contribution is 5.79. The number of tetrazole rings is 1. The Labute approximate surface area is 197 Å². The number of ether oxygens (including phenoxy) is 1. The lowest BCUT2D eigenvalue weighted by Gasteiger charge is -2.32. The first-order valence-corrected chi connectivity index (χ1v) is 12.1. The highest BCUT2D eigenvalue weighted by atomic mass is 16.5. The Balaban J connectivity index is 1.46. The number of nitrogens with one attached hydrogen (secondary N) is 2. The van der Waals surface area contributed by atoms with Crippen LogP contribution in [0.25, 0.3) is 10.9 Å². The van der Waals surface area contributed by atoms with Crippen LogP contribution in [0.2, 0.25) is 0 Å². The van der Waals surface area contributed by atoms with E-state index in [0.29, 0.717) is 12.1 Å². The average Bonchev–Trinajstić information content (AvgIpc) is 3.52. The maximum atomic E-state index is 13.5. The number of hydrogen-bond donors (Lipinski definition) is 2. The third-order valence-electron chi connectivity index (χ3n) is 7.22. The maximum Gasteiger partial charge on any atom is 0.258 e. The van der Waals surface area contributed by atoms with Gasteiger partial charge in [0, 0.05) is 24.1 Å². The molecule has 8 heteroatoms. The van der Waals surface area contributed by atoms with Crippen LogP contribution >= 0.6 is 0 Å². The van der Waals surface area contributed by atoms with Gasteiger partial charge >= 0.3 is 0 Å². The Kier molecular flexibility index (Phi) is 5.47. The van der Waals surface area contributed by atoms with Crippen LogP contribution in [-0.2, 0) is 24.2 Å². The normalized spacial score (nSPS) is 21.0. The number of aryl methyl sites for hydroxylation is 1. The molecule has 2 aliphatic heterocycles. The van der Waals surface area contributed by atoms with E-state index in [2.05, 4.69) is 56.9 Å². The number of nitrogens with zero attached hydrogens (tertiary/aromatic N) is 4. The number of aromatic nitrogens is 5. The molecule has 3 atom stereocenters. The lowest BCUT2D eigenvalue weighted by atomic mass is 9.95. The number of pyridine rings is 1. The molecule has 8 nitrogen and oxygen atoms in total. The minimum atomic E-state index is -0.279. The molecule has 6 rings (SSSR count). The maximum absolute atomic E-state index is 13.5. The van der Waals surface area contributed by atoms with E-state index in [1.54, 1.807) is 0 Å². The van der Waals surface area contributed by atoms with Crippen molar-refractivity contribution in [1.82, 2.24) is 25.2 Å². The van der Waals surface area contributed by atoms with Crippen molar-refractivity contribution in [1.29, 1.82) is 0 Å². The molecule has 4 aromatic rings. The Hall–Kier alpha value is -3.36. The van der Waals surface area contributed by atoms with Crippen LogP contribution in [0.15, 0.2) is 53.3 Å². The van der Waals surface area contributed by atoms with Crippen molar-refractivity contribution in [2.75, 3.05) is 13.2 Å². The van der Waals surface area contributed by atoms with E-state index < -0.39 is 0 Å². The Morgan fingerprint density at radius 1 is 1.21 bits per heavy atom. The van der Waals surface area contributed by atoms with Gasteiger partial charge in [-0.2, -0.15) is 0 Å². The molecule has 2 N–H and O–H groups in total. The molecule has 2 aliphatic rings. The zero-order valence-electron chi connectivity index (χ0n) is 19.3. The van der Waals surface area contributed by atoms with Crippen LogP contribution in [0.4, 0.5) is 0 Å². The first-order valence-electron chi connectivity index (χ1n) is 12.1. The van der Waals surface area contributed by atoms with Gasteiger partial charge in [0.1, 0.15) is 6.54 Å². The zero-order valence-corrected chi connectivity index (χ0v) is 19.3. The summed E-state index contributed by atoms with van der Waals surface area (Å²) in [5.41, 5.74) is 5.29. The van der Waals surface area contributed by atoms with E-state index in [4.69, 9.17) is 4.74 Å². The number of aromatic amines is 1. The molecule has 0 radical (unpaired) electrons. The zero-order chi connectivity index (χ0) is 23.1. The molecule has 2 aromatic carbocycles. The second-order valence-electron chi connectivity index (χ2n) is 9.54. The summed E-state index contributed by atoms with van der Waals surface area (Å²) in [6.45, 7) is 5.14. The van der Waals surface area contributed by atoms with Crippen LogP contribution < -0.4 is 10.5 Å². The fourth-order valence-corrected chi connectivity index (χ4v) is 5.47. The van der Waals surface area contributed by atoms with Gasteiger partial charge in [-0.05, 0) is 58.8 Å². The quantitative estimate of drug-likeness (QED) is 0.477. The fourth-order valence-electron chi connectivity index (χ4n) is 5.47. The molecule has 34 heavy (non-hydrogen) atoms. The number of quaternary nitrogens is 1. The second kappa shape index (κ2) is 8.77. The summed E-state index contributed by atoms with van der Waals surface area (Å²) < 4.78 is 7.71. The monoisotopic (exact) mass is 457 g/mol. The van der Waals surface area contributed by atoms with Gasteiger partial charge in [-0.15, -0.1) is 5.10 Å². The van der Waals surface area contributed by atoms with Gasteiger partial charge in [-0.25, -0.2) is 4.68 Å². The van der Waals surface area contributed by atoms with E-state index in [1.807, 2.05) is 23.7 Å². The molecule has 2 aromatic heterocycles. The number of H-pyrrole nitrogens is 1. The largest absolute Gasteiger partial charge is 0.376 e. The molecule has 4 heterocycles. The van der Waals surface area contributed by atoms with Gasteiger partial charge in [0.2, 0.25) is 5.82 Å². The van der Waals surface area contributed by atoms with Crippen molar-refractivity contribution >= 4 is 10.9 Å². The molecular weight excluding hydrogens is 428 g/mol. The van der Waals surface area contributed by atoms with Gasteiger partial charge in [0.25, 0.3) is 5.56 Å². The van der Waals surface area contributed by atoms with Crippen molar-refractivity contribution in [2.24, 2.45) is 0 Å². The third-order valence-corrected chi connectivity index (χ3v) is 7.22. The van der Waals surface area contributed by atoms with Crippen molar-refractivity contribution in [3.8, 4) is 0 Å². The summed E-state index contributed by atoms with van der Waals surface area (Å²) in [6.07, 6.45) is 3.13. The predicted molar refractivity (Wildman–Crippen MR) is 128 cm³/mol. The molecule has 0 aliphatic carbocycles. The third kappa shape index (κ3) is 3.93. The van der Waals surface area contributed by atoms with Gasteiger partial charge in [0.05, 0.1) is 24.8 Å². The molecule has 0 bridgehead atoms. The predicted octanol–water partition coefficient (Wildman–Crippen LogP) is 1.73. The number of hydrogen-bond acceptors (Lipinski definition) is 5. The standard InChI is InChI=1S/C26H28N6O2/c1-17-8-9-19-14-22(26(33)27-23(19)13-17)24(31-11-10-18-5-2-3-6-20(18)15-31)25-28-29-30-32(25)16-21-7-4-12-34-21/h2-3,5-6,8-9,13-14,21,24H,4,7,10-12,15-16H2,1H3,(H,27,33)/p+1/t21-,24-/m0/s1. The summed E-state index contributed by atoms with van der Waals surface area (Å²) in [6, 6.07) is 16.5. The SMILES string of the molecule is Cc1ccc2cc([C@@H](c3nnnn3C[C@@H]3CCCO3)[NH+]3CCc4ccccc4C3)c(=O)[nH]c2c1. The van der Waals surface area contributed by atoms with Crippen LogP contribution in [0, 0.1) is 6.92 Å². The topological polar surface area (TPSA) is 90.1 Å². The van der Waals surface area contributed by atoms with Crippen LogP contribution in [0.5, 0.6) is 0 Å². The number of rotatable bonds is 5. The van der Waals surface area contributed by atoms with Crippen molar-refractivity contribution < 1.29 is 9.64 Å². The van der Waals surface area contributed by atoms with Crippen LogP contribution in [-0.4, -0.2) is 44.4 Å². The highest BCUT2D eigenvalue weighted by Gasteiger charge is 2.36. The van der Waals surface area contributed by atoms with Gasteiger partial charge in [-0.3, -0.25) is 4.79 Å². The number of fused-ring (bicyclic) bond motifs is 2. The molecule has 0 saturated carbocycles. The first kappa shape index (κ1) is 21.2. The van der Waals surface area contributed by atoms with Crippen LogP contribution in [0.3, 0.4) is 0 Å². The van der Waals surface area contributed by atoms with Crippen molar-refractivity contribution in [3.05, 3.63) is 87.0 Å². The summed E-state index contributed by atoms with van der Waals surface area (Å²) in [7, 11) is 0. The molecular formula is C26H29N6O2+. The summed E-state index contributed by atoms with van der Waals surface area (Å²) in [5, 5.41) is 13.8. The van der Waals surface area contributed by atoms with Crippen molar-refractivity contribution in [3.63, 3.8) is 0 Å². The first-order chi connectivity index (χ1) is 16.7. The lowest BCUT2D eigenvalue weighted by Crippen LogP contribution is -3.12. The Morgan fingerprint density at radius 2 is 2.09 bits per heavy atom. The van der Waals surface area contributed by atoms with E-state index in [0.717, 1.165) is 61.2 Å². The lowest BCUT2D eigenvalue weighted by molar-refractivity contribution is -0.942. The summed E-state index contributed by atoms with van der Waals surface area (Å²) in [4.78, 5) is 17.9. The molecule has 1 saturated heterocycles. The van der Waals surface area contributed by atoms with Gasteiger partial charge in [-0.1, -0.05) is 36.4 Å². The fraction of sp³-hybridized carbons (Fsp3) is 0.385. The van der Waals surface area contributed by atoms with Crippen molar-refractivity contribution in [2.45, 2.75) is 51.4 Å². The van der Waals surface area contributed by atoms with E-state index in [1.165, 1.54) is 16.0 Å². The number of benzene rings is 2. The minimum Gasteiger partial charge on any atom is -0.376 e. The Bertz CT molecular complexity index is 1390. The second-order valence-corrected chi connectivity index (χ2v) is 9.54. The molecule has 1 unspecified atom stereocenters. The average molecular weight is 458 g/mol. The van der Waals surface area contributed by atoms with E-state index in [-0.39, 0.29) is 17.7 Å². The van der Waals surface area contributed by atoms with Gasteiger partial charge < -0.3 is 14.6 Å². The van der Waals surface area contributed by atoms with Gasteiger partial charge in [0.15, 0.2) is 6.04 Å². The summed E-state index contributed by atoms with van der Waals surface area (Å²) in [5.74, 6) is 0.724. The summed E-state index contributed by atoms with van der Waals surface area (Å²) >= 11 is 0. The minimum absolute atomic E-state index is 0.0823. The molecule has 174 valence electrons. The Morgan fingerprint density at radius 3 is 2.94 bits per heavy atom. The highest BCUT2D eigenvalue weighted by Crippen LogP contribution is 2.22. The molecule has 1 fully saturated rings. The van der Waals surface area contributed by atoms with Crippen LogP contribution in [0.1, 0.15) is 47.0 Å².